The predicted octanol–water partition coefficient (Wildman–Crippen LogP) is 1.03. The molecule has 2 rings (SSSR count). The zero-order chi connectivity index (χ0) is 15.6. The molecule has 6 nitrogen and oxygen atoms in total. The highest BCUT2D eigenvalue weighted by Crippen LogP contribution is 2.38. The first-order valence-corrected chi connectivity index (χ1v) is 7.86. The molecule has 0 radical (unpaired) electrons. The number of hydrogen-bond acceptors (Lipinski definition) is 6. The minimum absolute atomic E-state index is 0.0964. The summed E-state index contributed by atoms with van der Waals surface area (Å²) < 4.78 is 0. The van der Waals surface area contributed by atoms with E-state index in [9.17, 15) is 9.59 Å². The van der Waals surface area contributed by atoms with E-state index in [1.165, 1.54) is 18.3 Å². The molecule has 1 fully saturated rings. The molecule has 1 aliphatic heterocycles. The van der Waals surface area contributed by atoms with E-state index in [1.54, 1.807) is 7.05 Å². The minimum atomic E-state index is -0.233. The lowest BCUT2D eigenvalue weighted by molar-refractivity contribution is 0.0964. The number of ketones is 1. The molecule has 0 unspecified atom stereocenters. The number of carbonyl (C=O) groups is 2. The van der Waals surface area contributed by atoms with Crippen LogP contribution in [0.25, 0.3) is 0 Å². The fourth-order valence-corrected chi connectivity index (χ4v) is 3.68. The molecule has 2 heterocycles. The summed E-state index contributed by atoms with van der Waals surface area (Å²) in [6, 6.07) is 0. The molecule has 1 amide bonds. The minimum Gasteiger partial charge on any atom is -0.397 e. The van der Waals surface area contributed by atoms with Crippen LogP contribution >= 0.6 is 11.3 Å². The first-order valence-electron chi connectivity index (χ1n) is 7.04. The van der Waals surface area contributed by atoms with Gasteiger partial charge in [-0.05, 0) is 20.0 Å². The Labute approximate surface area is 128 Å². The number of nitrogens with zero attached hydrogens (tertiary/aromatic N) is 2. The Hall–Kier alpha value is -1.60. The number of thiophene rings is 1. The van der Waals surface area contributed by atoms with Gasteiger partial charge in [-0.3, -0.25) is 9.59 Å². The van der Waals surface area contributed by atoms with Crippen molar-refractivity contribution in [3.63, 3.8) is 0 Å². The Morgan fingerprint density at radius 1 is 1.24 bits per heavy atom. The maximum absolute atomic E-state index is 12.2. The molecule has 116 valence electrons. The number of nitrogens with one attached hydrogen (secondary N) is 1. The lowest BCUT2D eigenvalue weighted by Gasteiger charge is -2.22. The van der Waals surface area contributed by atoms with Crippen LogP contribution in [0.4, 0.5) is 10.7 Å². The number of likely N-dealkylation sites (N-methyl/N-ethyl adjacent to an activating group) is 1. The second kappa shape index (κ2) is 6.44. The second-order valence-corrected chi connectivity index (χ2v) is 6.30. The number of amides is 1. The fraction of sp³-hybridized carbons (Fsp3) is 0.571. The van der Waals surface area contributed by atoms with Crippen molar-refractivity contribution in [3.8, 4) is 0 Å². The smallest absolute Gasteiger partial charge is 0.256 e. The third-order valence-corrected chi connectivity index (χ3v) is 5.07. The van der Waals surface area contributed by atoms with E-state index < -0.39 is 0 Å². The zero-order valence-electron chi connectivity index (χ0n) is 12.7. The summed E-state index contributed by atoms with van der Waals surface area (Å²) in [6.45, 7) is 5.14. The summed E-state index contributed by atoms with van der Waals surface area (Å²) in [5.74, 6) is -0.329. The van der Waals surface area contributed by atoms with E-state index in [-0.39, 0.29) is 11.7 Å². The zero-order valence-corrected chi connectivity index (χ0v) is 13.5. The van der Waals surface area contributed by atoms with Gasteiger partial charge in [-0.2, -0.15) is 0 Å². The Bertz CT molecular complexity index is 555. The Morgan fingerprint density at radius 2 is 1.95 bits per heavy atom. The molecule has 3 N–H and O–H groups in total. The van der Waals surface area contributed by atoms with E-state index in [2.05, 4.69) is 22.2 Å². The summed E-state index contributed by atoms with van der Waals surface area (Å²) in [5.41, 5.74) is 6.79. The van der Waals surface area contributed by atoms with Crippen LogP contribution in [0.3, 0.4) is 0 Å². The van der Waals surface area contributed by atoms with Crippen molar-refractivity contribution in [2.45, 2.75) is 13.3 Å². The molecule has 0 aliphatic carbocycles. The van der Waals surface area contributed by atoms with E-state index in [0.717, 1.165) is 37.6 Å². The summed E-state index contributed by atoms with van der Waals surface area (Å²) in [5, 5.41) is 3.43. The highest BCUT2D eigenvalue weighted by Gasteiger charge is 2.27. The second-order valence-electron chi connectivity index (χ2n) is 5.30. The molecule has 1 saturated heterocycles. The summed E-state index contributed by atoms with van der Waals surface area (Å²) in [6.07, 6.45) is 1.02. The van der Waals surface area contributed by atoms with Crippen molar-refractivity contribution in [1.29, 1.82) is 0 Å². The summed E-state index contributed by atoms with van der Waals surface area (Å²) in [7, 11) is 3.67. The van der Waals surface area contributed by atoms with Crippen LogP contribution in [-0.2, 0) is 0 Å². The predicted molar refractivity (Wildman–Crippen MR) is 86.5 cm³/mol. The lowest BCUT2D eigenvalue weighted by atomic mass is 10.2. The van der Waals surface area contributed by atoms with Crippen LogP contribution < -0.4 is 16.0 Å². The maximum Gasteiger partial charge on any atom is 0.256 e. The standard InChI is InChI=1S/C14H22N4O2S/c1-9(19)12-11(15)10(13(20)16-2)14(21-12)18-6-4-5-17(3)7-8-18/h4-8,15H2,1-3H3,(H,16,20). The number of rotatable bonds is 3. The highest BCUT2D eigenvalue weighted by molar-refractivity contribution is 7.19. The van der Waals surface area contributed by atoms with Gasteiger partial charge in [-0.25, -0.2) is 0 Å². The molecule has 7 heteroatoms. The van der Waals surface area contributed by atoms with Gasteiger partial charge in [-0.15, -0.1) is 11.3 Å². The van der Waals surface area contributed by atoms with Gasteiger partial charge in [-0.1, -0.05) is 0 Å². The van der Waals surface area contributed by atoms with Crippen molar-refractivity contribution in [2.24, 2.45) is 0 Å². The molecule has 0 spiro atoms. The van der Waals surface area contributed by atoms with Gasteiger partial charge in [0.25, 0.3) is 5.91 Å². The van der Waals surface area contributed by atoms with Gasteiger partial charge in [0.1, 0.15) is 5.00 Å². The topological polar surface area (TPSA) is 78.7 Å². The van der Waals surface area contributed by atoms with Gasteiger partial charge < -0.3 is 20.9 Å². The van der Waals surface area contributed by atoms with Crippen molar-refractivity contribution in [2.75, 3.05) is 50.9 Å². The van der Waals surface area contributed by atoms with Crippen LogP contribution in [0.1, 0.15) is 33.4 Å². The highest BCUT2D eigenvalue weighted by atomic mass is 32.1. The molecule has 0 bridgehead atoms. The molecule has 1 aromatic rings. The molecule has 0 saturated carbocycles. The number of hydrogen-bond donors (Lipinski definition) is 2. The van der Waals surface area contributed by atoms with Crippen molar-refractivity contribution in [1.82, 2.24) is 10.2 Å². The van der Waals surface area contributed by atoms with E-state index in [0.29, 0.717) is 16.1 Å². The quantitative estimate of drug-likeness (QED) is 0.816. The van der Waals surface area contributed by atoms with Gasteiger partial charge >= 0.3 is 0 Å². The Balaban J connectivity index is 2.43. The molecule has 0 aromatic carbocycles. The monoisotopic (exact) mass is 310 g/mol. The summed E-state index contributed by atoms with van der Waals surface area (Å²) in [4.78, 5) is 28.8. The van der Waals surface area contributed by atoms with Crippen LogP contribution in [-0.4, -0.2) is 56.9 Å². The summed E-state index contributed by atoms with van der Waals surface area (Å²) >= 11 is 1.33. The van der Waals surface area contributed by atoms with Gasteiger partial charge in [0.2, 0.25) is 0 Å². The lowest BCUT2D eigenvalue weighted by Crippen LogP contribution is -2.30. The largest absolute Gasteiger partial charge is 0.397 e. The molecule has 21 heavy (non-hydrogen) atoms. The number of carbonyl (C=O) groups excluding carboxylic acids is 2. The first-order chi connectivity index (χ1) is 9.95. The van der Waals surface area contributed by atoms with Gasteiger partial charge in [0.15, 0.2) is 5.78 Å². The molecule has 0 atom stereocenters. The van der Waals surface area contributed by atoms with Crippen molar-refractivity contribution in [3.05, 3.63) is 10.4 Å². The number of nitrogen functional groups attached to an aromatic ring is 1. The molecular weight excluding hydrogens is 288 g/mol. The normalized spacial score (nSPS) is 16.6. The Kier molecular flexibility index (Phi) is 4.84. The number of Topliss-reactive ketones (excluding diaryl/α,β-unsaturated/α-hetero) is 1. The van der Waals surface area contributed by atoms with E-state index >= 15 is 0 Å². The Morgan fingerprint density at radius 3 is 2.57 bits per heavy atom. The van der Waals surface area contributed by atoms with Crippen LogP contribution in [0, 0.1) is 0 Å². The fourth-order valence-electron chi connectivity index (χ4n) is 2.51. The SMILES string of the molecule is CNC(=O)c1c(N2CCCN(C)CC2)sc(C(C)=O)c1N. The maximum atomic E-state index is 12.2. The first kappa shape index (κ1) is 15.8. The number of nitrogens with two attached hydrogens (primary N) is 1. The van der Waals surface area contributed by atoms with E-state index in [1.807, 2.05) is 0 Å². The average Bonchev–Trinajstić information content (AvgIpc) is 2.64. The number of anilines is 2. The van der Waals surface area contributed by atoms with Gasteiger partial charge in [0, 0.05) is 33.6 Å². The van der Waals surface area contributed by atoms with Crippen molar-refractivity contribution < 1.29 is 9.59 Å². The average molecular weight is 310 g/mol. The molecule has 1 aliphatic rings. The van der Waals surface area contributed by atoms with Gasteiger partial charge in [0.05, 0.1) is 16.1 Å². The van der Waals surface area contributed by atoms with Crippen LogP contribution in [0.5, 0.6) is 0 Å². The van der Waals surface area contributed by atoms with E-state index in [4.69, 9.17) is 5.73 Å². The third-order valence-electron chi connectivity index (χ3n) is 3.71. The van der Waals surface area contributed by atoms with Crippen LogP contribution in [0.2, 0.25) is 0 Å². The molecule has 1 aromatic heterocycles. The third kappa shape index (κ3) is 3.19. The van der Waals surface area contributed by atoms with Crippen molar-refractivity contribution >= 4 is 33.7 Å². The van der Waals surface area contributed by atoms with Crippen LogP contribution in [0.15, 0.2) is 0 Å². The molecular formula is C14H22N4O2S.